The first-order chi connectivity index (χ1) is 10.3. The molecule has 0 amide bonds. The van der Waals surface area contributed by atoms with Crippen molar-refractivity contribution in [1.82, 2.24) is 10.3 Å². The number of nitrogens with one attached hydrogen (secondary N) is 1. The zero-order chi connectivity index (χ0) is 14.7. The zero-order valence-electron chi connectivity index (χ0n) is 12.4. The number of para-hydroxylation sites is 1. The van der Waals surface area contributed by atoms with Gasteiger partial charge >= 0.3 is 0 Å². The molecule has 110 valence electrons. The molecule has 21 heavy (non-hydrogen) atoms. The smallest absolute Gasteiger partial charge is 0.108 e. The van der Waals surface area contributed by atoms with Crippen LogP contribution >= 0.6 is 11.3 Å². The molecule has 0 aliphatic rings. The first kappa shape index (κ1) is 14.3. The van der Waals surface area contributed by atoms with Gasteiger partial charge in [-0.2, -0.15) is 0 Å². The summed E-state index contributed by atoms with van der Waals surface area (Å²) in [6.07, 6.45) is 3.61. The minimum atomic E-state index is 0.268. The van der Waals surface area contributed by atoms with E-state index in [0.717, 1.165) is 30.7 Å². The van der Waals surface area contributed by atoms with E-state index in [2.05, 4.69) is 43.4 Å². The van der Waals surface area contributed by atoms with Gasteiger partial charge in [-0.15, -0.1) is 11.3 Å². The molecule has 0 aliphatic carbocycles. The number of fused-ring (bicyclic) bond motifs is 1. The molecule has 3 nitrogen and oxygen atoms in total. The predicted molar refractivity (Wildman–Crippen MR) is 87.8 cm³/mol. The molecule has 1 aromatic carbocycles. The summed E-state index contributed by atoms with van der Waals surface area (Å²) in [5, 5.41) is 4.73. The second-order valence-corrected chi connectivity index (χ2v) is 6.16. The average Bonchev–Trinajstić information content (AvgIpc) is 3.12. The van der Waals surface area contributed by atoms with Gasteiger partial charge in [0.25, 0.3) is 0 Å². The summed E-state index contributed by atoms with van der Waals surface area (Å²) in [5.41, 5.74) is 2.36. The van der Waals surface area contributed by atoms with Crippen molar-refractivity contribution in [3.8, 4) is 0 Å². The van der Waals surface area contributed by atoms with E-state index >= 15 is 0 Å². The van der Waals surface area contributed by atoms with Gasteiger partial charge in [0.15, 0.2) is 0 Å². The van der Waals surface area contributed by atoms with E-state index in [1.54, 1.807) is 17.6 Å². The van der Waals surface area contributed by atoms with Crippen molar-refractivity contribution in [3.63, 3.8) is 0 Å². The van der Waals surface area contributed by atoms with Crippen LogP contribution < -0.4 is 5.32 Å². The maximum atomic E-state index is 5.58. The third-order valence-electron chi connectivity index (χ3n) is 3.64. The third kappa shape index (κ3) is 3.01. The average molecular weight is 300 g/mol. The number of aromatic nitrogens is 1. The standard InChI is InChI=1S/C17H20N2OS/c1-3-15-12(9-10-20-15)14(18-4-2)11-17-19-13-7-5-6-8-16(13)21-17/h5-10,14,18H,3-4,11H2,1-2H3. The van der Waals surface area contributed by atoms with Crippen molar-refractivity contribution in [2.24, 2.45) is 0 Å². The summed E-state index contributed by atoms with van der Waals surface area (Å²) >= 11 is 1.78. The van der Waals surface area contributed by atoms with Gasteiger partial charge in [-0.3, -0.25) is 0 Å². The zero-order valence-corrected chi connectivity index (χ0v) is 13.2. The quantitative estimate of drug-likeness (QED) is 0.735. The van der Waals surface area contributed by atoms with Gasteiger partial charge in [-0.05, 0) is 24.7 Å². The Hall–Kier alpha value is -1.65. The summed E-state index contributed by atoms with van der Waals surface area (Å²) in [6.45, 7) is 5.20. The molecule has 1 unspecified atom stereocenters. The van der Waals surface area contributed by atoms with Crippen LogP contribution in [0.4, 0.5) is 0 Å². The highest BCUT2D eigenvalue weighted by Crippen LogP contribution is 2.28. The fourth-order valence-electron chi connectivity index (χ4n) is 2.67. The van der Waals surface area contributed by atoms with Gasteiger partial charge in [-0.25, -0.2) is 4.98 Å². The number of benzene rings is 1. The van der Waals surface area contributed by atoms with Crippen LogP contribution in [0.3, 0.4) is 0 Å². The first-order valence-electron chi connectivity index (χ1n) is 7.46. The molecule has 0 saturated carbocycles. The number of thiazole rings is 1. The number of hydrogen-bond donors (Lipinski definition) is 1. The number of hydrogen-bond acceptors (Lipinski definition) is 4. The topological polar surface area (TPSA) is 38.1 Å². The van der Waals surface area contributed by atoms with Crippen molar-refractivity contribution in [3.05, 3.63) is 52.9 Å². The maximum absolute atomic E-state index is 5.58. The van der Waals surface area contributed by atoms with E-state index in [-0.39, 0.29) is 6.04 Å². The number of nitrogens with zero attached hydrogens (tertiary/aromatic N) is 1. The Morgan fingerprint density at radius 1 is 1.24 bits per heavy atom. The predicted octanol–water partition coefficient (Wildman–Crippen LogP) is 4.35. The van der Waals surface area contributed by atoms with Crippen LogP contribution in [0.5, 0.6) is 0 Å². The Labute approximate surface area is 129 Å². The number of furan rings is 1. The van der Waals surface area contributed by atoms with Crippen LogP contribution in [-0.2, 0) is 12.8 Å². The molecule has 3 rings (SSSR count). The van der Waals surface area contributed by atoms with E-state index < -0.39 is 0 Å². The number of likely N-dealkylation sites (N-methyl/N-ethyl adjacent to an activating group) is 1. The minimum absolute atomic E-state index is 0.268. The second kappa shape index (κ2) is 6.41. The lowest BCUT2D eigenvalue weighted by Gasteiger charge is -2.16. The lowest BCUT2D eigenvalue weighted by molar-refractivity contribution is 0.487. The molecular formula is C17H20N2OS. The molecule has 3 aromatic rings. The molecule has 0 saturated heterocycles. The molecule has 0 fully saturated rings. The molecule has 4 heteroatoms. The van der Waals surface area contributed by atoms with Crippen molar-refractivity contribution < 1.29 is 4.42 Å². The van der Waals surface area contributed by atoms with Crippen LogP contribution in [0.25, 0.3) is 10.2 Å². The largest absolute Gasteiger partial charge is 0.469 e. The summed E-state index contributed by atoms with van der Waals surface area (Å²) in [4.78, 5) is 4.75. The van der Waals surface area contributed by atoms with Gasteiger partial charge in [0.05, 0.1) is 21.5 Å². The van der Waals surface area contributed by atoms with Crippen LogP contribution in [0, 0.1) is 0 Å². The van der Waals surface area contributed by atoms with E-state index in [1.165, 1.54) is 15.3 Å². The minimum Gasteiger partial charge on any atom is -0.469 e. The normalized spacial score (nSPS) is 12.9. The van der Waals surface area contributed by atoms with Crippen LogP contribution in [0.15, 0.2) is 41.0 Å². The third-order valence-corrected chi connectivity index (χ3v) is 4.70. The van der Waals surface area contributed by atoms with Crippen molar-refractivity contribution in [2.45, 2.75) is 32.7 Å². The molecule has 0 radical (unpaired) electrons. The fraction of sp³-hybridized carbons (Fsp3) is 0.353. The van der Waals surface area contributed by atoms with E-state index in [4.69, 9.17) is 9.40 Å². The lowest BCUT2D eigenvalue weighted by Crippen LogP contribution is -2.23. The number of rotatable bonds is 6. The molecule has 0 bridgehead atoms. The highest BCUT2D eigenvalue weighted by molar-refractivity contribution is 7.18. The van der Waals surface area contributed by atoms with Crippen molar-refractivity contribution in [2.75, 3.05) is 6.54 Å². The fourth-order valence-corrected chi connectivity index (χ4v) is 3.68. The Balaban J connectivity index is 1.88. The van der Waals surface area contributed by atoms with Crippen LogP contribution in [0.1, 0.15) is 36.2 Å². The van der Waals surface area contributed by atoms with E-state index in [9.17, 15) is 0 Å². The van der Waals surface area contributed by atoms with Crippen LogP contribution in [0.2, 0.25) is 0 Å². The van der Waals surface area contributed by atoms with Gasteiger partial charge in [0.1, 0.15) is 5.76 Å². The van der Waals surface area contributed by atoms with E-state index in [1.807, 2.05) is 6.07 Å². The number of aryl methyl sites for hydroxylation is 1. The Morgan fingerprint density at radius 3 is 2.86 bits per heavy atom. The second-order valence-electron chi connectivity index (χ2n) is 5.04. The molecule has 0 spiro atoms. The Morgan fingerprint density at radius 2 is 2.10 bits per heavy atom. The monoisotopic (exact) mass is 300 g/mol. The molecule has 1 atom stereocenters. The molecule has 1 N–H and O–H groups in total. The molecule has 2 heterocycles. The van der Waals surface area contributed by atoms with Gasteiger partial charge in [0, 0.05) is 24.4 Å². The summed E-state index contributed by atoms with van der Waals surface area (Å²) in [7, 11) is 0. The summed E-state index contributed by atoms with van der Waals surface area (Å²) < 4.78 is 6.84. The Kier molecular flexibility index (Phi) is 4.36. The van der Waals surface area contributed by atoms with Gasteiger partial charge in [-0.1, -0.05) is 26.0 Å². The molecule has 0 aliphatic heterocycles. The first-order valence-corrected chi connectivity index (χ1v) is 8.27. The van der Waals surface area contributed by atoms with Crippen molar-refractivity contribution >= 4 is 21.6 Å². The SMILES string of the molecule is CCNC(Cc1nc2ccccc2s1)c1ccoc1CC. The highest BCUT2D eigenvalue weighted by Gasteiger charge is 2.18. The lowest BCUT2D eigenvalue weighted by atomic mass is 10.0. The van der Waals surface area contributed by atoms with Gasteiger partial charge < -0.3 is 9.73 Å². The molecular weight excluding hydrogens is 280 g/mol. The van der Waals surface area contributed by atoms with Crippen molar-refractivity contribution in [1.29, 1.82) is 0 Å². The van der Waals surface area contributed by atoms with Crippen LogP contribution in [-0.4, -0.2) is 11.5 Å². The summed E-state index contributed by atoms with van der Waals surface area (Å²) in [5.74, 6) is 1.07. The maximum Gasteiger partial charge on any atom is 0.108 e. The van der Waals surface area contributed by atoms with Gasteiger partial charge in [0.2, 0.25) is 0 Å². The summed E-state index contributed by atoms with van der Waals surface area (Å²) in [6, 6.07) is 10.7. The highest BCUT2D eigenvalue weighted by atomic mass is 32.1. The van der Waals surface area contributed by atoms with E-state index in [0.29, 0.717) is 0 Å². The Bertz CT molecular complexity index is 683. The molecule has 2 aromatic heterocycles.